The highest BCUT2D eigenvalue weighted by molar-refractivity contribution is 5.98. The first-order valence-electron chi connectivity index (χ1n) is 5.54. The number of carboxylic acids is 1. The highest BCUT2D eigenvalue weighted by Crippen LogP contribution is 2.19. The Labute approximate surface area is 109 Å². The number of nitrogens with one attached hydrogen (secondary N) is 1. The number of hydrogen-bond donors (Lipinski definition) is 2. The number of pyridine rings is 1. The molecule has 0 aliphatic rings. The fourth-order valence-electron chi connectivity index (χ4n) is 1.61. The van der Waals surface area contributed by atoms with Crippen molar-refractivity contribution in [3.63, 3.8) is 0 Å². The molecule has 0 unspecified atom stereocenters. The third-order valence-corrected chi connectivity index (χ3v) is 2.55. The Morgan fingerprint density at radius 1 is 1.37 bits per heavy atom. The van der Waals surface area contributed by atoms with Crippen molar-refractivity contribution >= 4 is 22.8 Å². The molecule has 1 aromatic heterocycles. The molecule has 0 bridgehead atoms. The first kappa shape index (κ1) is 12.8. The number of amides is 1. The van der Waals surface area contributed by atoms with Crippen molar-refractivity contribution in [1.82, 2.24) is 10.3 Å². The van der Waals surface area contributed by atoms with E-state index < -0.39 is 18.4 Å². The Bertz CT molecular complexity index is 640. The van der Waals surface area contributed by atoms with Gasteiger partial charge in [0.1, 0.15) is 12.3 Å². The highest BCUT2D eigenvalue weighted by atomic mass is 16.5. The molecule has 0 aliphatic heterocycles. The second-order valence-corrected chi connectivity index (χ2v) is 3.86. The maximum atomic E-state index is 11.7. The highest BCUT2D eigenvalue weighted by Gasteiger charge is 2.08. The summed E-state index contributed by atoms with van der Waals surface area (Å²) in [6.07, 6.45) is 1.40. The normalized spacial score (nSPS) is 10.2. The lowest BCUT2D eigenvalue weighted by Crippen LogP contribution is -2.29. The lowest BCUT2D eigenvalue weighted by atomic mass is 10.1. The van der Waals surface area contributed by atoms with Gasteiger partial charge in [-0.3, -0.25) is 14.6 Å². The fourth-order valence-corrected chi connectivity index (χ4v) is 1.61. The maximum Gasteiger partial charge on any atom is 0.322 e. The Kier molecular flexibility index (Phi) is 3.61. The molecular weight excluding hydrogens is 248 g/mol. The lowest BCUT2D eigenvalue weighted by Gasteiger charge is -2.05. The predicted molar refractivity (Wildman–Crippen MR) is 68.3 cm³/mol. The van der Waals surface area contributed by atoms with Crippen LogP contribution < -0.4 is 10.1 Å². The van der Waals surface area contributed by atoms with Crippen molar-refractivity contribution in [3.8, 4) is 5.75 Å². The first-order valence-corrected chi connectivity index (χ1v) is 5.54. The van der Waals surface area contributed by atoms with Crippen LogP contribution >= 0.6 is 0 Å². The summed E-state index contributed by atoms with van der Waals surface area (Å²) < 4.78 is 5.08. The Morgan fingerprint density at radius 2 is 2.16 bits per heavy atom. The van der Waals surface area contributed by atoms with Gasteiger partial charge in [0.15, 0.2) is 0 Å². The summed E-state index contributed by atoms with van der Waals surface area (Å²) in [6.45, 7) is -0.417. The number of methoxy groups -OCH3 is 1. The average molecular weight is 260 g/mol. The molecule has 6 nitrogen and oxygen atoms in total. The van der Waals surface area contributed by atoms with Crippen LogP contribution in [0.25, 0.3) is 10.9 Å². The SMILES string of the molecule is COc1ccc2cc(C(=O)NCC(=O)O)cnc2c1. The molecule has 2 rings (SSSR count). The number of benzene rings is 1. The Balaban J connectivity index is 2.26. The molecule has 0 radical (unpaired) electrons. The summed E-state index contributed by atoms with van der Waals surface area (Å²) in [5, 5.41) is 11.6. The average Bonchev–Trinajstić information content (AvgIpc) is 2.43. The van der Waals surface area contributed by atoms with Gasteiger partial charge in [0.2, 0.25) is 0 Å². The molecule has 2 aromatic rings. The first-order chi connectivity index (χ1) is 9.10. The third kappa shape index (κ3) is 2.98. The van der Waals surface area contributed by atoms with Gasteiger partial charge < -0.3 is 15.2 Å². The number of fused-ring (bicyclic) bond motifs is 1. The van der Waals surface area contributed by atoms with E-state index in [-0.39, 0.29) is 0 Å². The molecule has 0 fully saturated rings. The van der Waals surface area contributed by atoms with Crippen LogP contribution in [-0.4, -0.2) is 35.6 Å². The molecule has 98 valence electrons. The number of aromatic nitrogens is 1. The molecule has 1 amide bonds. The number of carbonyl (C=O) groups is 2. The van der Waals surface area contributed by atoms with E-state index >= 15 is 0 Å². The smallest absolute Gasteiger partial charge is 0.322 e. The largest absolute Gasteiger partial charge is 0.497 e. The molecule has 1 heterocycles. The summed E-state index contributed by atoms with van der Waals surface area (Å²) in [4.78, 5) is 26.2. The molecule has 2 N–H and O–H groups in total. The van der Waals surface area contributed by atoms with E-state index in [0.29, 0.717) is 16.8 Å². The van der Waals surface area contributed by atoms with Gasteiger partial charge >= 0.3 is 5.97 Å². The van der Waals surface area contributed by atoms with Crippen LogP contribution in [0.4, 0.5) is 0 Å². The van der Waals surface area contributed by atoms with Gasteiger partial charge in [-0.25, -0.2) is 0 Å². The van der Waals surface area contributed by atoms with E-state index in [4.69, 9.17) is 9.84 Å². The number of nitrogens with zero attached hydrogens (tertiary/aromatic N) is 1. The van der Waals surface area contributed by atoms with E-state index in [1.54, 1.807) is 31.4 Å². The van der Waals surface area contributed by atoms with Gasteiger partial charge in [-0.2, -0.15) is 0 Å². The molecule has 0 saturated heterocycles. The topological polar surface area (TPSA) is 88.5 Å². The van der Waals surface area contributed by atoms with Crippen molar-refractivity contribution < 1.29 is 19.4 Å². The predicted octanol–water partition coefficient (Wildman–Crippen LogP) is 1.06. The van der Waals surface area contributed by atoms with Crippen molar-refractivity contribution in [3.05, 3.63) is 36.0 Å². The van der Waals surface area contributed by atoms with E-state index in [9.17, 15) is 9.59 Å². The van der Waals surface area contributed by atoms with Gasteiger partial charge in [-0.15, -0.1) is 0 Å². The van der Waals surface area contributed by atoms with Gasteiger partial charge in [0, 0.05) is 17.6 Å². The summed E-state index contributed by atoms with van der Waals surface area (Å²) in [7, 11) is 1.56. The summed E-state index contributed by atoms with van der Waals surface area (Å²) in [5.74, 6) is -0.873. The van der Waals surface area contributed by atoms with Gasteiger partial charge in [-0.05, 0) is 18.2 Å². The minimum atomic E-state index is -1.09. The molecule has 0 atom stereocenters. The minimum Gasteiger partial charge on any atom is -0.497 e. The molecule has 0 aliphatic carbocycles. The number of hydrogen-bond acceptors (Lipinski definition) is 4. The van der Waals surface area contributed by atoms with Crippen LogP contribution in [0.5, 0.6) is 5.75 Å². The van der Waals surface area contributed by atoms with Crippen LogP contribution in [0.1, 0.15) is 10.4 Å². The fraction of sp³-hybridized carbons (Fsp3) is 0.154. The van der Waals surface area contributed by atoms with Gasteiger partial charge in [-0.1, -0.05) is 0 Å². The minimum absolute atomic E-state index is 0.318. The molecule has 1 aromatic carbocycles. The second-order valence-electron chi connectivity index (χ2n) is 3.86. The summed E-state index contributed by atoms with van der Waals surface area (Å²) in [6, 6.07) is 6.96. The summed E-state index contributed by atoms with van der Waals surface area (Å²) in [5.41, 5.74) is 1.02. The van der Waals surface area contributed by atoms with Gasteiger partial charge in [0.05, 0.1) is 18.2 Å². The number of aliphatic carboxylic acids is 1. The van der Waals surface area contributed by atoms with E-state index in [1.807, 2.05) is 0 Å². The Hall–Kier alpha value is -2.63. The quantitative estimate of drug-likeness (QED) is 0.858. The third-order valence-electron chi connectivity index (χ3n) is 2.55. The van der Waals surface area contributed by atoms with Crippen molar-refractivity contribution in [2.45, 2.75) is 0 Å². The maximum absolute atomic E-state index is 11.7. The molecule has 19 heavy (non-hydrogen) atoms. The van der Waals surface area contributed by atoms with Crippen molar-refractivity contribution in [2.75, 3.05) is 13.7 Å². The number of carboxylic acid groups (broad SMARTS) is 1. The zero-order valence-electron chi connectivity index (χ0n) is 10.2. The van der Waals surface area contributed by atoms with E-state index in [0.717, 1.165) is 5.39 Å². The van der Waals surface area contributed by atoms with E-state index in [2.05, 4.69) is 10.3 Å². The van der Waals surface area contributed by atoms with Crippen LogP contribution in [0.2, 0.25) is 0 Å². The standard InChI is InChI=1S/C13H12N2O4/c1-19-10-3-2-8-4-9(6-14-11(8)5-10)13(18)15-7-12(16)17/h2-6H,7H2,1H3,(H,15,18)(H,16,17). The Morgan fingerprint density at radius 3 is 2.84 bits per heavy atom. The molecule has 6 heteroatoms. The molecule has 0 spiro atoms. The summed E-state index contributed by atoms with van der Waals surface area (Å²) >= 11 is 0. The number of ether oxygens (including phenoxy) is 1. The number of rotatable bonds is 4. The second kappa shape index (κ2) is 5.34. The number of carbonyl (C=O) groups excluding carboxylic acids is 1. The lowest BCUT2D eigenvalue weighted by molar-refractivity contribution is -0.135. The van der Waals surface area contributed by atoms with Crippen molar-refractivity contribution in [2.24, 2.45) is 0 Å². The van der Waals surface area contributed by atoms with Crippen LogP contribution in [0, 0.1) is 0 Å². The zero-order chi connectivity index (χ0) is 13.8. The molecule has 0 saturated carbocycles. The van der Waals surface area contributed by atoms with Gasteiger partial charge in [0.25, 0.3) is 5.91 Å². The van der Waals surface area contributed by atoms with Crippen LogP contribution in [-0.2, 0) is 4.79 Å². The van der Waals surface area contributed by atoms with Crippen LogP contribution in [0.3, 0.4) is 0 Å². The van der Waals surface area contributed by atoms with Crippen molar-refractivity contribution in [1.29, 1.82) is 0 Å². The van der Waals surface area contributed by atoms with Crippen LogP contribution in [0.15, 0.2) is 30.5 Å². The molecular formula is C13H12N2O4. The monoisotopic (exact) mass is 260 g/mol. The zero-order valence-corrected chi connectivity index (χ0v) is 10.2. The van der Waals surface area contributed by atoms with E-state index in [1.165, 1.54) is 6.20 Å².